The van der Waals surface area contributed by atoms with Crippen LogP contribution in [0.1, 0.15) is 23.1 Å². The van der Waals surface area contributed by atoms with Gasteiger partial charge in [0.05, 0.1) is 6.26 Å². The van der Waals surface area contributed by atoms with Gasteiger partial charge in [0.2, 0.25) is 5.88 Å². The van der Waals surface area contributed by atoms with E-state index in [1.165, 1.54) is 0 Å². The van der Waals surface area contributed by atoms with Crippen LogP contribution >= 0.6 is 0 Å². The SMILES string of the molecule is N#CCOc1nc(-c2ccco2)c2c(c1C#N)CCC2. The molecule has 0 aliphatic heterocycles. The van der Waals surface area contributed by atoms with E-state index in [1.54, 1.807) is 12.3 Å². The largest absolute Gasteiger partial charge is 0.463 e. The van der Waals surface area contributed by atoms with Crippen molar-refractivity contribution in [1.82, 2.24) is 4.98 Å². The first-order valence-corrected chi connectivity index (χ1v) is 6.34. The first-order chi connectivity index (χ1) is 9.85. The van der Waals surface area contributed by atoms with E-state index >= 15 is 0 Å². The third-order valence-electron chi connectivity index (χ3n) is 3.37. The zero-order chi connectivity index (χ0) is 13.9. The smallest absolute Gasteiger partial charge is 0.233 e. The lowest BCUT2D eigenvalue weighted by Gasteiger charge is -2.11. The molecule has 0 radical (unpaired) electrons. The van der Waals surface area contributed by atoms with Gasteiger partial charge in [-0.3, -0.25) is 0 Å². The molecule has 0 saturated carbocycles. The van der Waals surface area contributed by atoms with Crippen LogP contribution in [0.4, 0.5) is 0 Å². The Balaban J connectivity index is 2.19. The normalized spacial score (nSPS) is 12.5. The fourth-order valence-corrected chi connectivity index (χ4v) is 2.57. The van der Waals surface area contributed by atoms with Gasteiger partial charge in [0.1, 0.15) is 23.4 Å². The minimum absolute atomic E-state index is 0.127. The molecule has 1 aliphatic rings. The summed E-state index contributed by atoms with van der Waals surface area (Å²) in [6, 6.07) is 7.68. The van der Waals surface area contributed by atoms with Gasteiger partial charge in [-0.15, -0.1) is 0 Å². The van der Waals surface area contributed by atoms with Crippen molar-refractivity contribution in [3.63, 3.8) is 0 Å². The summed E-state index contributed by atoms with van der Waals surface area (Å²) in [4.78, 5) is 4.41. The molecule has 1 aliphatic carbocycles. The van der Waals surface area contributed by atoms with Gasteiger partial charge >= 0.3 is 0 Å². The van der Waals surface area contributed by atoms with Crippen molar-refractivity contribution in [2.75, 3.05) is 6.61 Å². The number of nitrogens with zero attached hydrogens (tertiary/aromatic N) is 3. The highest BCUT2D eigenvalue weighted by atomic mass is 16.5. The number of hydrogen-bond donors (Lipinski definition) is 0. The lowest BCUT2D eigenvalue weighted by Crippen LogP contribution is -2.04. The molecular weight excluding hydrogens is 254 g/mol. The van der Waals surface area contributed by atoms with E-state index in [4.69, 9.17) is 14.4 Å². The van der Waals surface area contributed by atoms with Crippen LogP contribution in [0, 0.1) is 22.7 Å². The molecule has 0 saturated heterocycles. The number of hydrogen-bond acceptors (Lipinski definition) is 5. The van der Waals surface area contributed by atoms with Gasteiger partial charge in [0, 0.05) is 0 Å². The van der Waals surface area contributed by atoms with Gasteiger partial charge < -0.3 is 9.15 Å². The van der Waals surface area contributed by atoms with E-state index in [2.05, 4.69) is 11.1 Å². The predicted octanol–water partition coefficient (Wildman–Crippen LogP) is 2.60. The number of pyridine rings is 1. The summed E-state index contributed by atoms with van der Waals surface area (Å²) in [5.41, 5.74) is 3.19. The molecule has 5 heteroatoms. The number of ether oxygens (including phenoxy) is 1. The van der Waals surface area contributed by atoms with Crippen molar-refractivity contribution in [2.24, 2.45) is 0 Å². The summed E-state index contributed by atoms with van der Waals surface area (Å²) >= 11 is 0. The highest BCUT2D eigenvalue weighted by molar-refractivity contribution is 5.66. The maximum atomic E-state index is 9.33. The quantitative estimate of drug-likeness (QED) is 0.851. The Morgan fingerprint density at radius 2 is 2.15 bits per heavy atom. The van der Waals surface area contributed by atoms with Gasteiger partial charge in [0.15, 0.2) is 12.4 Å². The summed E-state index contributed by atoms with van der Waals surface area (Å²) in [6.07, 6.45) is 4.29. The van der Waals surface area contributed by atoms with E-state index in [9.17, 15) is 5.26 Å². The van der Waals surface area contributed by atoms with Crippen molar-refractivity contribution in [2.45, 2.75) is 19.3 Å². The second kappa shape index (κ2) is 5.07. The number of rotatable bonds is 3. The Labute approximate surface area is 116 Å². The standard InChI is InChI=1S/C15H11N3O2/c16-6-8-20-15-12(9-17)10-3-1-4-11(10)14(18-15)13-5-2-7-19-13/h2,5,7H,1,3-4,8H2. The molecule has 0 aromatic carbocycles. The molecule has 20 heavy (non-hydrogen) atoms. The maximum absolute atomic E-state index is 9.33. The van der Waals surface area contributed by atoms with E-state index in [1.807, 2.05) is 12.1 Å². The number of fused-ring (bicyclic) bond motifs is 1. The second-order valence-electron chi connectivity index (χ2n) is 4.49. The molecule has 5 nitrogen and oxygen atoms in total. The summed E-state index contributed by atoms with van der Waals surface area (Å²) in [7, 11) is 0. The zero-order valence-corrected chi connectivity index (χ0v) is 10.7. The van der Waals surface area contributed by atoms with Crippen molar-refractivity contribution in [3.05, 3.63) is 35.1 Å². The van der Waals surface area contributed by atoms with E-state index in [-0.39, 0.29) is 12.5 Å². The van der Waals surface area contributed by atoms with Crippen LogP contribution in [0.3, 0.4) is 0 Å². The van der Waals surface area contributed by atoms with E-state index in [0.29, 0.717) is 11.3 Å². The molecule has 0 unspecified atom stereocenters. The molecular formula is C15H11N3O2. The maximum Gasteiger partial charge on any atom is 0.233 e. The Hall–Kier alpha value is -2.79. The molecule has 3 rings (SSSR count). The van der Waals surface area contributed by atoms with E-state index in [0.717, 1.165) is 36.1 Å². The first-order valence-electron chi connectivity index (χ1n) is 6.34. The molecule has 0 fully saturated rings. The lowest BCUT2D eigenvalue weighted by atomic mass is 10.0. The van der Waals surface area contributed by atoms with Crippen molar-refractivity contribution < 1.29 is 9.15 Å². The van der Waals surface area contributed by atoms with Crippen LogP contribution in [0.2, 0.25) is 0 Å². The summed E-state index contributed by atoms with van der Waals surface area (Å²) < 4.78 is 10.7. The van der Waals surface area contributed by atoms with Crippen LogP contribution in [0.25, 0.3) is 11.5 Å². The minimum atomic E-state index is -0.127. The fourth-order valence-electron chi connectivity index (χ4n) is 2.57. The van der Waals surface area contributed by atoms with Crippen LogP contribution in [-0.2, 0) is 12.8 Å². The molecule has 2 aromatic rings. The average molecular weight is 265 g/mol. The highest BCUT2D eigenvalue weighted by Crippen LogP contribution is 2.37. The molecule has 0 N–H and O–H groups in total. The van der Waals surface area contributed by atoms with Crippen molar-refractivity contribution >= 4 is 0 Å². The summed E-state index contributed by atoms with van der Waals surface area (Å²) in [5, 5.41) is 18.0. The highest BCUT2D eigenvalue weighted by Gasteiger charge is 2.25. The van der Waals surface area contributed by atoms with Gasteiger partial charge in [-0.25, -0.2) is 4.98 Å². The Morgan fingerprint density at radius 3 is 2.85 bits per heavy atom. The Bertz CT molecular complexity index is 721. The van der Waals surface area contributed by atoms with Gasteiger partial charge in [-0.05, 0) is 42.5 Å². The van der Waals surface area contributed by atoms with Gasteiger partial charge in [-0.1, -0.05) is 0 Å². The Morgan fingerprint density at radius 1 is 1.30 bits per heavy atom. The molecule has 2 aromatic heterocycles. The van der Waals surface area contributed by atoms with Crippen molar-refractivity contribution in [1.29, 1.82) is 10.5 Å². The van der Waals surface area contributed by atoms with Crippen LogP contribution in [0.15, 0.2) is 22.8 Å². The van der Waals surface area contributed by atoms with Crippen LogP contribution < -0.4 is 4.74 Å². The minimum Gasteiger partial charge on any atom is -0.463 e. The lowest BCUT2D eigenvalue weighted by molar-refractivity contribution is 0.352. The monoisotopic (exact) mass is 265 g/mol. The topological polar surface area (TPSA) is 82.8 Å². The number of nitriles is 2. The molecule has 2 heterocycles. The number of furan rings is 1. The van der Waals surface area contributed by atoms with E-state index < -0.39 is 0 Å². The zero-order valence-electron chi connectivity index (χ0n) is 10.7. The summed E-state index contributed by atoms with van der Waals surface area (Å²) in [6.45, 7) is -0.127. The third-order valence-corrected chi connectivity index (χ3v) is 3.37. The number of aromatic nitrogens is 1. The summed E-state index contributed by atoms with van der Waals surface area (Å²) in [5.74, 6) is 0.885. The molecule has 98 valence electrons. The average Bonchev–Trinajstić information content (AvgIpc) is 3.14. The third kappa shape index (κ3) is 1.90. The van der Waals surface area contributed by atoms with Crippen LogP contribution in [-0.4, -0.2) is 11.6 Å². The Kier molecular flexibility index (Phi) is 3.10. The molecule has 0 atom stereocenters. The molecule has 0 bridgehead atoms. The van der Waals surface area contributed by atoms with Crippen LogP contribution in [0.5, 0.6) is 5.88 Å². The fraction of sp³-hybridized carbons (Fsp3) is 0.267. The van der Waals surface area contributed by atoms with Crippen molar-refractivity contribution in [3.8, 4) is 29.5 Å². The molecule has 0 spiro atoms. The van der Waals surface area contributed by atoms with Gasteiger partial charge in [-0.2, -0.15) is 10.5 Å². The second-order valence-corrected chi connectivity index (χ2v) is 4.49. The molecule has 0 amide bonds. The predicted molar refractivity (Wildman–Crippen MR) is 69.8 cm³/mol. The van der Waals surface area contributed by atoms with Gasteiger partial charge in [0.25, 0.3) is 0 Å². The first kappa shape index (κ1) is 12.3.